The predicted octanol–water partition coefficient (Wildman–Crippen LogP) is 2.34. The number of thioether (sulfide) groups is 1. The van der Waals surface area contributed by atoms with E-state index in [1.165, 1.54) is 6.33 Å². The normalized spacial score (nSPS) is 11.3. The van der Waals surface area contributed by atoms with Crippen LogP contribution in [0.3, 0.4) is 0 Å². The molecule has 3 aromatic rings. The zero-order valence-corrected chi connectivity index (χ0v) is 12.0. The third kappa shape index (κ3) is 2.19. The van der Waals surface area contributed by atoms with E-state index in [4.69, 9.17) is 11.6 Å². The predicted molar refractivity (Wildman–Crippen MR) is 74.2 cm³/mol. The third-order valence-electron chi connectivity index (χ3n) is 2.81. The summed E-state index contributed by atoms with van der Waals surface area (Å²) in [6.07, 6.45) is 3.13. The van der Waals surface area contributed by atoms with Crippen LogP contribution in [-0.2, 0) is 12.8 Å². The Morgan fingerprint density at radius 2 is 2.21 bits per heavy atom. The highest BCUT2D eigenvalue weighted by Crippen LogP contribution is 2.29. The maximum absolute atomic E-state index is 6.21. The van der Waals surface area contributed by atoms with Crippen LogP contribution < -0.4 is 0 Å². The lowest BCUT2D eigenvalue weighted by atomic mass is 10.3. The Bertz CT molecular complexity index is 734. The van der Waals surface area contributed by atoms with Crippen molar-refractivity contribution in [2.24, 2.45) is 7.05 Å². The fourth-order valence-electron chi connectivity index (χ4n) is 1.83. The number of halogens is 1. The summed E-state index contributed by atoms with van der Waals surface area (Å²) in [5.74, 6) is 0.712. The Morgan fingerprint density at radius 1 is 1.37 bits per heavy atom. The number of nitrogens with one attached hydrogen (secondary N) is 1. The van der Waals surface area contributed by atoms with E-state index in [0.29, 0.717) is 16.6 Å². The first kappa shape index (κ1) is 12.4. The van der Waals surface area contributed by atoms with Crippen molar-refractivity contribution in [2.45, 2.75) is 17.7 Å². The van der Waals surface area contributed by atoms with Crippen LogP contribution in [0.2, 0.25) is 5.15 Å². The molecule has 0 saturated heterocycles. The van der Waals surface area contributed by atoms with E-state index in [-0.39, 0.29) is 0 Å². The minimum absolute atomic E-state index is 0.667. The third-order valence-corrected chi connectivity index (χ3v) is 4.30. The summed E-state index contributed by atoms with van der Waals surface area (Å²) in [4.78, 5) is 15.5. The van der Waals surface area contributed by atoms with Crippen molar-refractivity contribution in [3.63, 3.8) is 0 Å². The van der Waals surface area contributed by atoms with Gasteiger partial charge in [0.25, 0.3) is 0 Å². The second kappa shape index (κ2) is 4.82. The van der Waals surface area contributed by atoms with Gasteiger partial charge in [0.15, 0.2) is 5.65 Å². The van der Waals surface area contributed by atoms with E-state index in [0.717, 1.165) is 21.8 Å². The first-order valence-electron chi connectivity index (χ1n) is 5.61. The molecule has 98 valence electrons. The molecule has 1 N–H and O–H groups in total. The van der Waals surface area contributed by atoms with Gasteiger partial charge in [-0.3, -0.25) is 4.68 Å². The van der Waals surface area contributed by atoms with Gasteiger partial charge in [0.2, 0.25) is 0 Å². The summed E-state index contributed by atoms with van der Waals surface area (Å²) in [6.45, 7) is 1.95. The summed E-state index contributed by atoms with van der Waals surface area (Å²) in [5, 5.41) is 5.82. The number of aromatic nitrogens is 6. The maximum Gasteiger partial charge on any atom is 0.181 e. The fraction of sp³-hybridized carbons (Fsp3) is 0.273. The monoisotopic (exact) mass is 294 g/mol. The van der Waals surface area contributed by atoms with Gasteiger partial charge in [-0.1, -0.05) is 23.4 Å². The Kier molecular flexibility index (Phi) is 3.16. The summed E-state index contributed by atoms with van der Waals surface area (Å²) in [6, 6.07) is 0. The summed E-state index contributed by atoms with van der Waals surface area (Å²) in [5.41, 5.74) is 3.49. The van der Waals surface area contributed by atoms with Gasteiger partial charge in [-0.2, -0.15) is 5.10 Å². The largest absolute Gasteiger partial charge is 0.341 e. The van der Waals surface area contributed by atoms with E-state index in [1.54, 1.807) is 22.8 Å². The maximum atomic E-state index is 6.21. The fourth-order valence-corrected chi connectivity index (χ4v) is 3.19. The quantitative estimate of drug-likeness (QED) is 0.593. The number of hydrogen-bond donors (Lipinski definition) is 1. The number of H-pyrrole nitrogens is 1. The van der Waals surface area contributed by atoms with E-state index < -0.39 is 0 Å². The topological polar surface area (TPSA) is 72.3 Å². The van der Waals surface area contributed by atoms with E-state index >= 15 is 0 Å². The van der Waals surface area contributed by atoms with Crippen molar-refractivity contribution < 1.29 is 0 Å². The lowest BCUT2D eigenvalue weighted by Gasteiger charge is -2.01. The summed E-state index contributed by atoms with van der Waals surface area (Å²) >= 11 is 7.80. The Morgan fingerprint density at radius 3 is 2.95 bits per heavy atom. The lowest BCUT2D eigenvalue weighted by molar-refractivity contribution is 0.757. The average Bonchev–Trinajstić information content (AvgIpc) is 2.95. The molecule has 3 rings (SSSR count). The molecule has 3 heterocycles. The van der Waals surface area contributed by atoms with Crippen LogP contribution in [0, 0.1) is 6.92 Å². The molecule has 3 aromatic heterocycles. The second-order valence-electron chi connectivity index (χ2n) is 4.05. The van der Waals surface area contributed by atoms with E-state index in [9.17, 15) is 0 Å². The van der Waals surface area contributed by atoms with Crippen LogP contribution in [0.15, 0.2) is 17.7 Å². The zero-order chi connectivity index (χ0) is 13.4. The van der Waals surface area contributed by atoms with Gasteiger partial charge in [0.05, 0.1) is 12.0 Å². The van der Waals surface area contributed by atoms with E-state index in [1.807, 2.05) is 14.0 Å². The van der Waals surface area contributed by atoms with Crippen LogP contribution in [0.5, 0.6) is 0 Å². The van der Waals surface area contributed by atoms with Gasteiger partial charge in [0.1, 0.15) is 22.0 Å². The molecular weight excluding hydrogens is 284 g/mol. The molecule has 19 heavy (non-hydrogen) atoms. The lowest BCUT2D eigenvalue weighted by Crippen LogP contribution is -1.90. The second-order valence-corrected chi connectivity index (χ2v) is 5.37. The molecule has 0 unspecified atom stereocenters. The standard InChI is InChI=1S/C11H11ClN6S/c1-6-7(9(12)18(2)17-6)3-19-11-8-10(14-4-13-8)15-5-16-11/h4-5H,3H2,1-2H3,(H,13,14,15,16). The summed E-state index contributed by atoms with van der Waals surface area (Å²) < 4.78 is 1.68. The van der Waals surface area contributed by atoms with Gasteiger partial charge < -0.3 is 4.98 Å². The highest BCUT2D eigenvalue weighted by atomic mass is 35.5. The smallest absolute Gasteiger partial charge is 0.181 e. The molecule has 0 spiro atoms. The van der Waals surface area contributed by atoms with Crippen molar-refractivity contribution in [3.8, 4) is 0 Å². The molecular formula is C11H11ClN6S. The highest BCUT2D eigenvalue weighted by molar-refractivity contribution is 7.98. The number of rotatable bonds is 3. The molecule has 0 fully saturated rings. The van der Waals surface area contributed by atoms with Crippen LogP contribution in [-0.4, -0.2) is 29.7 Å². The Labute approximate surface area is 118 Å². The zero-order valence-electron chi connectivity index (χ0n) is 10.4. The van der Waals surface area contributed by atoms with Crippen LogP contribution in [0.25, 0.3) is 11.2 Å². The SMILES string of the molecule is Cc1nn(C)c(Cl)c1CSc1ncnc2nc[nH]c12. The van der Waals surface area contributed by atoms with Crippen molar-refractivity contribution in [1.82, 2.24) is 29.7 Å². The van der Waals surface area contributed by atoms with Gasteiger partial charge in [0, 0.05) is 18.4 Å². The Hall–Kier alpha value is -1.60. The first-order chi connectivity index (χ1) is 9.16. The molecule has 0 bridgehead atoms. The van der Waals surface area contributed by atoms with Gasteiger partial charge in [-0.05, 0) is 6.92 Å². The minimum Gasteiger partial charge on any atom is -0.341 e. The molecule has 0 atom stereocenters. The minimum atomic E-state index is 0.667. The van der Waals surface area contributed by atoms with Crippen LogP contribution in [0.4, 0.5) is 0 Å². The first-order valence-corrected chi connectivity index (χ1v) is 6.98. The van der Waals surface area contributed by atoms with Crippen LogP contribution in [0.1, 0.15) is 11.3 Å². The van der Waals surface area contributed by atoms with Crippen molar-refractivity contribution in [3.05, 3.63) is 29.1 Å². The molecule has 0 amide bonds. The van der Waals surface area contributed by atoms with Gasteiger partial charge >= 0.3 is 0 Å². The van der Waals surface area contributed by atoms with Crippen LogP contribution >= 0.6 is 23.4 Å². The molecule has 6 nitrogen and oxygen atoms in total. The summed E-state index contributed by atoms with van der Waals surface area (Å²) in [7, 11) is 1.83. The number of aromatic amines is 1. The number of aryl methyl sites for hydroxylation is 2. The van der Waals surface area contributed by atoms with Gasteiger partial charge in [-0.25, -0.2) is 15.0 Å². The molecule has 0 aliphatic heterocycles. The molecule has 0 radical (unpaired) electrons. The van der Waals surface area contributed by atoms with Crippen molar-refractivity contribution in [1.29, 1.82) is 0 Å². The molecule has 0 aromatic carbocycles. The van der Waals surface area contributed by atoms with Crippen molar-refractivity contribution in [2.75, 3.05) is 0 Å². The molecule has 8 heteroatoms. The van der Waals surface area contributed by atoms with Crippen molar-refractivity contribution >= 4 is 34.5 Å². The number of imidazole rings is 1. The van der Waals surface area contributed by atoms with Gasteiger partial charge in [-0.15, -0.1) is 0 Å². The highest BCUT2D eigenvalue weighted by Gasteiger charge is 2.13. The Balaban J connectivity index is 1.88. The molecule has 0 aliphatic carbocycles. The average molecular weight is 295 g/mol. The molecule has 0 aliphatic rings. The van der Waals surface area contributed by atoms with E-state index in [2.05, 4.69) is 25.0 Å². The number of hydrogen-bond acceptors (Lipinski definition) is 5. The molecule has 0 saturated carbocycles. The number of fused-ring (bicyclic) bond motifs is 1. The number of nitrogens with zero attached hydrogens (tertiary/aromatic N) is 5.